The van der Waals surface area contributed by atoms with Gasteiger partial charge in [-0.2, -0.15) is 0 Å². The molecule has 0 bridgehead atoms. The Morgan fingerprint density at radius 1 is 1.29 bits per heavy atom. The van der Waals surface area contributed by atoms with Crippen LogP contribution in [0.15, 0.2) is 0 Å². The zero-order chi connectivity index (χ0) is 12.3. The maximum absolute atomic E-state index is 9.25. The van der Waals surface area contributed by atoms with E-state index in [9.17, 15) is 5.11 Å². The minimum atomic E-state index is 0.129. The van der Waals surface area contributed by atoms with Crippen molar-refractivity contribution in [3.63, 3.8) is 0 Å². The Morgan fingerprint density at radius 3 is 2.53 bits per heavy atom. The molecule has 0 unspecified atom stereocenters. The Labute approximate surface area is 107 Å². The Morgan fingerprint density at radius 2 is 2.00 bits per heavy atom. The van der Waals surface area contributed by atoms with Gasteiger partial charge in [0.25, 0.3) is 0 Å². The minimum Gasteiger partial charge on any atom is -0.391 e. The Bertz CT molecular complexity index is 337. The van der Waals surface area contributed by atoms with Gasteiger partial charge in [0.1, 0.15) is 5.01 Å². The predicted octanol–water partition coefficient (Wildman–Crippen LogP) is 0.945. The van der Waals surface area contributed by atoms with Gasteiger partial charge in [0.05, 0.1) is 23.7 Å². The Balaban J connectivity index is 1.96. The van der Waals surface area contributed by atoms with E-state index in [2.05, 4.69) is 28.8 Å². The summed E-state index contributed by atoms with van der Waals surface area (Å²) in [6, 6.07) is 0. The van der Waals surface area contributed by atoms with Crippen LogP contribution in [-0.2, 0) is 19.6 Å². The van der Waals surface area contributed by atoms with Crippen molar-refractivity contribution in [2.75, 3.05) is 33.2 Å². The molecule has 0 spiro atoms. The van der Waals surface area contributed by atoms with Gasteiger partial charge in [0, 0.05) is 26.2 Å². The fraction of sp³-hybridized carbons (Fsp3) is 0.750. The molecule has 1 aliphatic rings. The highest BCUT2D eigenvalue weighted by atomic mass is 32.1. The van der Waals surface area contributed by atoms with Gasteiger partial charge in [0.2, 0.25) is 0 Å². The van der Waals surface area contributed by atoms with Crippen molar-refractivity contribution in [2.24, 2.45) is 0 Å². The van der Waals surface area contributed by atoms with Crippen molar-refractivity contribution in [2.45, 2.75) is 26.5 Å². The van der Waals surface area contributed by atoms with Crippen molar-refractivity contribution < 1.29 is 5.11 Å². The van der Waals surface area contributed by atoms with Gasteiger partial charge in [-0.15, -0.1) is 11.3 Å². The molecule has 17 heavy (non-hydrogen) atoms. The van der Waals surface area contributed by atoms with Crippen molar-refractivity contribution in [3.8, 4) is 0 Å². The van der Waals surface area contributed by atoms with E-state index >= 15 is 0 Å². The third-order valence-corrected chi connectivity index (χ3v) is 4.32. The number of likely N-dealkylation sites (N-methyl/N-ethyl adjacent to an activating group) is 1. The molecule has 0 radical (unpaired) electrons. The molecule has 0 aromatic carbocycles. The van der Waals surface area contributed by atoms with Gasteiger partial charge in [-0.3, -0.25) is 4.90 Å². The third-order valence-electron chi connectivity index (χ3n) is 3.26. The number of aliphatic hydroxyl groups excluding tert-OH is 1. The molecule has 0 amide bonds. The topological polar surface area (TPSA) is 39.6 Å². The summed E-state index contributed by atoms with van der Waals surface area (Å²) in [6.45, 7) is 7.67. The standard InChI is InChI=1S/C12H21N3OS/c1-3-10-11(9-16)17-12(13-10)8-15-6-4-14(2)5-7-15/h16H,3-9H2,1-2H3. The van der Waals surface area contributed by atoms with Gasteiger partial charge in [0.15, 0.2) is 0 Å². The first kappa shape index (κ1) is 13.0. The molecule has 1 fully saturated rings. The van der Waals surface area contributed by atoms with E-state index in [4.69, 9.17) is 0 Å². The van der Waals surface area contributed by atoms with Crippen molar-refractivity contribution in [3.05, 3.63) is 15.6 Å². The summed E-state index contributed by atoms with van der Waals surface area (Å²) in [7, 11) is 2.17. The van der Waals surface area contributed by atoms with E-state index in [0.717, 1.165) is 54.7 Å². The van der Waals surface area contributed by atoms with E-state index in [1.807, 2.05) is 0 Å². The molecule has 96 valence electrons. The van der Waals surface area contributed by atoms with Crippen LogP contribution in [0.1, 0.15) is 22.5 Å². The first-order chi connectivity index (χ1) is 8.22. The molecular formula is C12H21N3OS. The number of thiazole rings is 1. The Kier molecular flexibility index (Phi) is 4.50. The molecule has 0 aliphatic carbocycles. The summed E-state index contributed by atoms with van der Waals surface area (Å²) >= 11 is 1.66. The second-order valence-corrected chi connectivity index (χ2v) is 5.74. The van der Waals surface area contributed by atoms with Crippen LogP contribution in [0, 0.1) is 0 Å². The number of aryl methyl sites for hydroxylation is 1. The molecule has 1 aromatic rings. The maximum atomic E-state index is 9.25. The smallest absolute Gasteiger partial charge is 0.107 e. The maximum Gasteiger partial charge on any atom is 0.107 e. The second-order valence-electron chi connectivity index (χ2n) is 4.57. The summed E-state index contributed by atoms with van der Waals surface area (Å²) in [5.41, 5.74) is 1.07. The van der Waals surface area contributed by atoms with Gasteiger partial charge < -0.3 is 10.0 Å². The average molecular weight is 255 g/mol. The summed E-state index contributed by atoms with van der Waals surface area (Å²) in [5.74, 6) is 0. The van der Waals surface area contributed by atoms with E-state index in [1.165, 1.54) is 0 Å². The SMILES string of the molecule is CCc1nc(CN2CCN(C)CC2)sc1CO. The molecule has 2 rings (SSSR count). The lowest BCUT2D eigenvalue weighted by Gasteiger charge is -2.31. The van der Waals surface area contributed by atoms with Crippen LogP contribution < -0.4 is 0 Å². The fourth-order valence-corrected chi connectivity index (χ4v) is 3.16. The highest BCUT2D eigenvalue weighted by Gasteiger charge is 2.16. The van der Waals surface area contributed by atoms with Crippen LogP contribution in [0.25, 0.3) is 0 Å². The first-order valence-corrected chi connectivity index (χ1v) is 7.03. The zero-order valence-electron chi connectivity index (χ0n) is 10.6. The van der Waals surface area contributed by atoms with Crippen molar-refractivity contribution >= 4 is 11.3 Å². The number of hydrogen-bond donors (Lipinski definition) is 1. The van der Waals surface area contributed by atoms with Gasteiger partial charge in [-0.25, -0.2) is 4.98 Å². The van der Waals surface area contributed by atoms with Crippen LogP contribution in [0.3, 0.4) is 0 Å². The largest absolute Gasteiger partial charge is 0.391 e. The van der Waals surface area contributed by atoms with E-state index < -0.39 is 0 Å². The number of aromatic nitrogens is 1. The van der Waals surface area contributed by atoms with Crippen molar-refractivity contribution in [1.29, 1.82) is 0 Å². The van der Waals surface area contributed by atoms with Crippen LogP contribution in [0.2, 0.25) is 0 Å². The fourth-order valence-electron chi connectivity index (χ4n) is 2.10. The van der Waals surface area contributed by atoms with E-state index in [1.54, 1.807) is 11.3 Å². The van der Waals surface area contributed by atoms with Gasteiger partial charge in [-0.05, 0) is 13.5 Å². The first-order valence-electron chi connectivity index (χ1n) is 6.22. The van der Waals surface area contributed by atoms with Gasteiger partial charge >= 0.3 is 0 Å². The lowest BCUT2D eigenvalue weighted by atomic mass is 10.3. The minimum absolute atomic E-state index is 0.129. The summed E-state index contributed by atoms with van der Waals surface area (Å²) in [4.78, 5) is 10.5. The number of aliphatic hydroxyl groups is 1. The monoisotopic (exact) mass is 255 g/mol. The second kappa shape index (κ2) is 5.91. The molecule has 2 heterocycles. The van der Waals surface area contributed by atoms with Crippen LogP contribution in [-0.4, -0.2) is 53.1 Å². The summed E-state index contributed by atoms with van der Waals surface area (Å²) in [5, 5.41) is 10.4. The predicted molar refractivity (Wildman–Crippen MR) is 70.2 cm³/mol. The quantitative estimate of drug-likeness (QED) is 0.869. The van der Waals surface area contributed by atoms with E-state index in [0.29, 0.717) is 0 Å². The lowest BCUT2D eigenvalue weighted by Crippen LogP contribution is -2.43. The molecular weight excluding hydrogens is 234 g/mol. The third kappa shape index (κ3) is 3.25. The van der Waals surface area contributed by atoms with Crippen LogP contribution in [0.4, 0.5) is 0 Å². The molecule has 1 saturated heterocycles. The molecule has 1 N–H and O–H groups in total. The Hall–Kier alpha value is -0.490. The zero-order valence-corrected chi connectivity index (χ0v) is 11.5. The van der Waals surface area contributed by atoms with Crippen LogP contribution >= 0.6 is 11.3 Å². The molecule has 4 nitrogen and oxygen atoms in total. The summed E-state index contributed by atoms with van der Waals surface area (Å²) in [6.07, 6.45) is 0.912. The summed E-state index contributed by atoms with van der Waals surface area (Å²) < 4.78 is 0. The highest BCUT2D eigenvalue weighted by molar-refractivity contribution is 7.11. The number of rotatable bonds is 4. The number of piperazine rings is 1. The molecule has 0 atom stereocenters. The van der Waals surface area contributed by atoms with Gasteiger partial charge in [-0.1, -0.05) is 6.92 Å². The lowest BCUT2D eigenvalue weighted by molar-refractivity contribution is 0.148. The average Bonchev–Trinajstić information content (AvgIpc) is 2.74. The van der Waals surface area contributed by atoms with Crippen LogP contribution in [0.5, 0.6) is 0 Å². The molecule has 0 saturated carbocycles. The molecule has 5 heteroatoms. The number of hydrogen-bond acceptors (Lipinski definition) is 5. The van der Waals surface area contributed by atoms with Crippen molar-refractivity contribution in [1.82, 2.24) is 14.8 Å². The normalized spacial score (nSPS) is 18.8. The molecule has 1 aliphatic heterocycles. The molecule has 1 aromatic heterocycles. The van der Waals surface area contributed by atoms with E-state index in [-0.39, 0.29) is 6.61 Å². The number of nitrogens with zero attached hydrogens (tertiary/aromatic N) is 3. The highest BCUT2D eigenvalue weighted by Crippen LogP contribution is 2.21.